The summed E-state index contributed by atoms with van der Waals surface area (Å²) in [5.74, 6) is 0.702. The summed E-state index contributed by atoms with van der Waals surface area (Å²) in [7, 11) is 1.59. The Labute approximate surface area is 234 Å². The van der Waals surface area contributed by atoms with Crippen LogP contribution in [0, 0.1) is 17.7 Å². The molecular formula is C32H36FN3O4. The highest BCUT2D eigenvalue weighted by Gasteiger charge is 2.40. The number of benzene rings is 3. The number of rotatable bonds is 9. The Kier molecular flexibility index (Phi) is 8.35. The SMILES string of the molecule is CNC(=O)C1c2cc(-c3cc(C(=O)NCC(C)C)ccc3OCC3CCNC3)ccc2OC1c1ccc(F)cc1. The van der Waals surface area contributed by atoms with Gasteiger partial charge in [-0.1, -0.05) is 32.0 Å². The van der Waals surface area contributed by atoms with Crippen molar-refractivity contribution in [2.24, 2.45) is 11.8 Å². The zero-order valence-electron chi connectivity index (χ0n) is 23.1. The summed E-state index contributed by atoms with van der Waals surface area (Å²) in [6.07, 6.45) is 0.462. The van der Waals surface area contributed by atoms with Crippen molar-refractivity contribution in [2.45, 2.75) is 32.3 Å². The van der Waals surface area contributed by atoms with Gasteiger partial charge in [0.2, 0.25) is 5.91 Å². The molecule has 210 valence electrons. The van der Waals surface area contributed by atoms with E-state index in [1.165, 1.54) is 12.1 Å². The number of carbonyl (C=O) groups is 2. The molecule has 2 heterocycles. The predicted molar refractivity (Wildman–Crippen MR) is 152 cm³/mol. The molecule has 3 aromatic carbocycles. The fraction of sp³-hybridized carbons (Fsp3) is 0.375. The molecular weight excluding hydrogens is 509 g/mol. The molecule has 2 aliphatic heterocycles. The number of ether oxygens (including phenoxy) is 2. The van der Waals surface area contributed by atoms with Crippen LogP contribution in [0.2, 0.25) is 0 Å². The van der Waals surface area contributed by atoms with Gasteiger partial charge in [-0.3, -0.25) is 9.59 Å². The van der Waals surface area contributed by atoms with Gasteiger partial charge >= 0.3 is 0 Å². The van der Waals surface area contributed by atoms with Crippen molar-refractivity contribution < 1.29 is 23.5 Å². The van der Waals surface area contributed by atoms with Crippen LogP contribution in [0.1, 0.15) is 53.8 Å². The van der Waals surface area contributed by atoms with Crippen LogP contribution in [0.4, 0.5) is 4.39 Å². The molecule has 1 saturated heterocycles. The zero-order chi connectivity index (χ0) is 28.2. The highest BCUT2D eigenvalue weighted by Crippen LogP contribution is 2.48. The molecule has 1 fully saturated rings. The fourth-order valence-corrected chi connectivity index (χ4v) is 5.27. The highest BCUT2D eigenvalue weighted by molar-refractivity contribution is 5.96. The average Bonchev–Trinajstić information content (AvgIpc) is 3.62. The number of likely N-dealkylation sites (N-methyl/N-ethyl adjacent to an activating group) is 1. The average molecular weight is 546 g/mol. The Balaban J connectivity index is 1.52. The molecule has 2 aliphatic rings. The smallest absolute Gasteiger partial charge is 0.251 e. The minimum Gasteiger partial charge on any atom is -0.493 e. The van der Waals surface area contributed by atoms with Crippen LogP contribution in [0.3, 0.4) is 0 Å². The second-order valence-electron chi connectivity index (χ2n) is 10.9. The first-order valence-corrected chi connectivity index (χ1v) is 13.9. The van der Waals surface area contributed by atoms with Crippen LogP contribution in [-0.4, -0.2) is 45.1 Å². The minimum atomic E-state index is -0.628. The summed E-state index contributed by atoms with van der Waals surface area (Å²) in [5, 5.41) is 9.10. The van der Waals surface area contributed by atoms with Crippen molar-refractivity contribution in [3.8, 4) is 22.6 Å². The molecule has 3 atom stereocenters. The van der Waals surface area contributed by atoms with Gasteiger partial charge in [-0.2, -0.15) is 0 Å². The third kappa shape index (κ3) is 5.97. The molecule has 3 aromatic rings. The predicted octanol–water partition coefficient (Wildman–Crippen LogP) is 4.83. The molecule has 5 rings (SSSR count). The highest BCUT2D eigenvalue weighted by atomic mass is 19.1. The van der Waals surface area contributed by atoms with E-state index in [-0.39, 0.29) is 17.6 Å². The Morgan fingerprint density at radius 3 is 2.60 bits per heavy atom. The van der Waals surface area contributed by atoms with Crippen molar-refractivity contribution in [3.63, 3.8) is 0 Å². The normalized spacial score (nSPS) is 19.7. The Bertz CT molecular complexity index is 1370. The van der Waals surface area contributed by atoms with Gasteiger partial charge in [-0.15, -0.1) is 0 Å². The van der Waals surface area contributed by atoms with Gasteiger partial charge in [0, 0.05) is 42.7 Å². The number of amides is 2. The molecule has 2 amide bonds. The molecule has 0 saturated carbocycles. The Morgan fingerprint density at radius 2 is 1.90 bits per heavy atom. The van der Waals surface area contributed by atoms with Crippen molar-refractivity contribution in [2.75, 3.05) is 33.3 Å². The number of hydrogen-bond donors (Lipinski definition) is 3. The van der Waals surface area contributed by atoms with E-state index < -0.39 is 12.0 Å². The van der Waals surface area contributed by atoms with E-state index in [1.807, 2.05) is 30.3 Å². The van der Waals surface area contributed by atoms with Crippen LogP contribution < -0.4 is 25.4 Å². The summed E-state index contributed by atoms with van der Waals surface area (Å²) in [6, 6.07) is 17.2. The molecule has 3 N–H and O–H groups in total. The second-order valence-corrected chi connectivity index (χ2v) is 10.9. The van der Waals surface area contributed by atoms with Crippen molar-refractivity contribution in [1.29, 1.82) is 0 Å². The molecule has 0 aliphatic carbocycles. The quantitative estimate of drug-likeness (QED) is 0.359. The lowest BCUT2D eigenvalue weighted by Gasteiger charge is -2.19. The maximum Gasteiger partial charge on any atom is 0.251 e. The topological polar surface area (TPSA) is 88.7 Å². The third-order valence-corrected chi connectivity index (χ3v) is 7.49. The van der Waals surface area contributed by atoms with Crippen molar-refractivity contribution >= 4 is 11.8 Å². The van der Waals surface area contributed by atoms with Gasteiger partial charge in [0.1, 0.15) is 29.3 Å². The number of nitrogens with one attached hydrogen (secondary N) is 3. The van der Waals surface area contributed by atoms with Gasteiger partial charge in [0.15, 0.2) is 0 Å². The number of fused-ring (bicyclic) bond motifs is 1. The number of carbonyl (C=O) groups excluding carboxylic acids is 2. The standard InChI is InChI=1S/C32H36FN3O4/c1-19(2)16-36-31(37)23-7-10-27(39-18-20-12-13-35-17-20)25(15-23)22-6-11-28-26(14-22)29(32(38)34-3)30(40-28)21-4-8-24(33)9-5-21/h4-11,14-15,19-20,29-30,35H,12-13,16-18H2,1-3H3,(H,34,38)(H,36,37). The van der Waals surface area contributed by atoms with Gasteiger partial charge in [-0.05, 0) is 72.5 Å². The molecule has 0 spiro atoms. The first-order valence-electron chi connectivity index (χ1n) is 13.9. The van der Waals surface area contributed by atoms with Crippen LogP contribution >= 0.6 is 0 Å². The third-order valence-electron chi connectivity index (χ3n) is 7.49. The van der Waals surface area contributed by atoms with Crippen LogP contribution in [0.25, 0.3) is 11.1 Å². The summed E-state index contributed by atoms with van der Waals surface area (Å²) in [6.45, 7) is 7.15. The summed E-state index contributed by atoms with van der Waals surface area (Å²) in [5.41, 5.74) is 3.56. The first kappa shape index (κ1) is 27.6. The minimum absolute atomic E-state index is 0.148. The van der Waals surface area contributed by atoms with Gasteiger partial charge in [0.25, 0.3) is 5.91 Å². The lowest BCUT2D eigenvalue weighted by Crippen LogP contribution is -2.28. The number of halogens is 1. The molecule has 3 unspecified atom stereocenters. The summed E-state index contributed by atoms with van der Waals surface area (Å²) >= 11 is 0. The first-order chi connectivity index (χ1) is 19.3. The van der Waals surface area contributed by atoms with Gasteiger partial charge in [0.05, 0.1) is 6.61 Å². The van der Waals surface area contributed by atoms with Gasteiger partial charge in [-0.25, -0.2) is 4.39 Å². The second kappa shape index (κ2) is 12.1. The van der Waals surface area contributed by atoms with E-state index >= 15 is 0 Å². The lowest BCUT2D eigenvalue weighted by atomic mass is 9.88. The van der Waals surface area contributed by atoms with Crippen molar-refractivity contribution in [3.05, 3.63) is 83.2 Å². The van der Waals surface area contributed by atoms with E-state index in [2.05, 4.69) is 29.8 Å². The Morgan fingerprint density at radius 1 is 1.10 bits per heavy atom. The van der Waals surface area contributed by atoms with E-state index in [0.717, 1.165) is 36.2 Å². The maximum atomic E-state index is 13.6. The van der Waals surface area contributed by atoms with E-state index in [1.54, 1.807) is 25.2 Å². The fourth-order valence-electron chi connectivity index (χ4n) is 5.27. The van der Waals surface area contributed by atoms with Gasteiger partial charge < -0.3 is 25.4 Å². The van der Waals surface area contributed by atoms with Crippen LogP contribution in [-0.2, 0) is 4.79 Å². The molecule has 0 bridgehead atoms. The summed E-state index contributed by atoms with van der Waals surface area (Å²) < 4.78 is 26.2. The van der Waals surface area contributed by atoms with E-state index in [0.29, 0.717) is 47.6 Å². The Hall–Kier alpha value is -3.91. The molecule has 7 nitrogen and oxygen atoms in total. The number of hydrogen-bond acceptors (Lipinski definition) is 5. The lowest BCUT2D eigenvalue weighted by molar-refractivity contribution is -0.123. The van der Waals surface area contributed by atoms with Crippen LogP contribution in [0.15, 0.2) is 60.7 Å². The molecule has 0 aromatic heterocycles. The molecule has 0 radical (unpaired) electrons. The monoisotopic (exact) mass is 545 g/mol. The molecule has 8 heteroatoms. The van der Waals surface area contributed by atoms with E-state index in [9.17, 15) is 14.0 Å². The maximum absolute atomic E-state index is 13.6. The van der Waals surface area contributed by atoms with Crippen LogP contribution in [0.5, 0.6) is 11.5 Å². The largest absolute Gasteiger partial charge is 0.493 e. The van der Waals surface area contributed by atoms with Crippen molar-refractivity contribution in [1.82, 2.24) is 16.0 Å². The summed E-state index contributed by atoms with van der Waals surface area (Å²) in [4.78, 5) is 26.1. The zero-order valence-corrected chi connectivity index (χ0v) is 23.1. The molecule has 40 heavy (non-hydrogen) atoms. The van der Waals surface area contributed by atoms with E-state index in [4.69, 9.17) is 9.47 Å².